The molecule has 116 valence electrons. The van der Waals surface area contributed by atoms with Crippen molar-refractivity contribution in [2.45, 2.75) is 78.2 Å². The van der Waals surface area contributed by atoms with Crippen LogP contribution in [0.2, 0.25) is 0 Å². The average Bonchev–Trinajstić information content (AvgIpc) is 2.38. The largest absolute Gasteiger partial charge is 0.480 e. The van der Waals surface area contributed by atoms with Crippen LogP contribution < -0.4 is 0 Å². The highest BCUT2D eigenvalue weighted by atomic mass is 16.5. The van der Waals surface area contributed by atoms with Gasteiger partial charge in [-0.25, -0.2) is 0 Å². The van der Waals surface area contributed by atoms with Crippen molar-refractivity contribution in [1.29, 1.82) is 0 Å². The Bertz CT molecular complexity index is 331. The van der Waals surface area contributed by atoms with E-state index in [2.05, 4.69) is 0 Å². The molecule has 0 bridgehead atoms. The number of carboxylic acid groups (broad SMARTS) is 1. The number of hydrogen-bond donors (Lipinski definition) is 1. The van der Waals surface area contributed by atoms with Crippen LogP contribution in [0.1, 0.15) is 72.1 Å². The predicted octanol–water partition coefficient (Wildman–Crippen LogP) is 3.78. The van der Waals surface area contributed by atoms with Gasteiger partial charge in [0, 0.05) is 0 Å². The summed E-state index contributed by atoms with van der Waals surface area (Å²) in [5, 5.41) is 9.60. The number of carboxylic acids is 1. The second-order valence-electron chi connectivity index (χ2n) is 6.40. The molecule has 1 fully saturated rings. The maximum atomic E-state index is 12.5. The molecular formula is C16H28O4. The van der Waals surface area contributed by atoms with E-state index in [1.165, 1.54) is 6.42 Å². The summed E-state index contributed by atoms with van der Waals surface area (Å²) in [6.07, 6.45) is 6.33. The van der Waals surface area contributed by atoms with E-state index in [1.54, 1.807) is 0 Å². The van der Waals surface area contributed by atoms with E-state index in [-0.39, 0.29) is 12.0 Å². The molecule has 1 atom stereocenters. The van der Waals surface area contributed by atoms with E-state index < -0.39 is 17.4 Å². The zero-order valence-electron chi connectivity index (χ0n) is 13.0. The first kappa shape index (κ1) is 17.0. The molecule has 1 aliphatic carbocycles. The minimum atomic E-state index is -1.36. The molecule has 20 heavy (non-hydrogen) atoms. The number of carbonyl (C=O) groups excluding carboxylic acids is 1. The number of esters is 1. The highest BCUT2D eigenvalue weighted by molar-refractivity contribution is 5.99. The van der Waals surface area contributed by atoms with Crippen LogP contribution in [0.3, 0.4) is 0 Å². The monoisotopic (exact) mass is 284 g/mol. The summed E-state index contributed by atoms with van der Waals surface area (Å²) in [5.41, 5.74) is -1.36. The van der Waals surface area contributed by atoms with Gasteiger partial charge in [-0.1, -0.05) is 33.6 Å². The summed E-state index contributed by atoms with van der Waals surface area (Å²) < 4.78 is 5.55. The average molecular weight is 284 g/mol. The van der Waals surface area contributed by atoms with Gasteiger partial charge in [-0.3, -0.25) is 9.59 Å². The second kappa shape index (κ2) is 7.65. The zero-order valence-corrected chi connectivity index (χ0v) is 13.0. The zero-order chi connectivity index (χ0) is 15.2. The molecule has 0 aliphatic heterocycles. The van der Waals surface area contributed by atoms with Crippen molar-refractivity contribution < 1.29 is 19.4 Å². The standard InChI is InChI=1S/C16H28O4/c1-4-10-16(14(17)18,11-12(2)3)15(19)20-13-8-6-5-7-9-13/h12-13H,4-11H2,1-3H3,(H,17,18). The van der Waals surface area contributed by atoms with E-state index in [4.69, 9.17) is 4.74 Å². The Labute approximate surface area is 121 Å². The highest BCUT2D eigenvalue weighted by Gasteiger charge is 2.47. The van der Waals surface area contributed by atoms with E-state index in [0.29, 0.717) is 19.3 Å². The lowest BCUT2D eigenvalue weighted by atomic mass is 9.76. The van der Waals surface area contributed by atoms with E-state index in [1.807, 2.05) is 20.8 Å². The Morgan fingerprint density at radius 2 is 1.85 bits per heavy atom. The smallest absolute Gasteiger partial charge is 0.323 e. The fourth-order valence-corrected chi connectivity index (χ4v) is 3.14. The van der Waals surface area contributed by atoms with Gasteiger partial charge in [0.25, 0.3) is 0 Å². The van der Waals surface area contributed by atoms with E-state index in [0.717, 1.165) is 25.7 Å². The molecule has 0 saturated heterocycles. The van der Waals surface area contributed by atoms with Crippen LogP contribution in [-0.2, 0) is 14.3 Å². The lowest BCUT2D eigenvalue weighted by Gasteiger charge is -2.31. The van der Waals surface area contributed by atoms with Crippen LogP contribution >= 0.6 is 0 Å². The quantitative estimate of drug-likeness (QED) is 0.571. The Hall–Kier alpha value is -1.06. The summed E-state index contributed by atoms with van der Waals surface area (Å²) >= 11 is 0. The van der Waals surface area contributed by atoms with Crippen LogP contribution in [0, 0.1) is 11.3 Å². The van der Waals surface area contributed by atoms with Gasteiger partial charge < -0.3 is 9.84 Å². The van der Waals surface area contributed by atoms with Gasteiger partial charge >= 0.3 is 11.9 Å². The number of ether oxygens (including phenoxy) is 1. The maximum absolute atomic E-state index is 12.5. The minimum absolute atomic E-state index is 0.0843. The Kier molecular flexibility index (Phi) is 6.50. The Balaban J connectivity index is 2.83. The van der Waals surface area contributed by atoms with Crippen LogP contribution in [0.25, 0.3) is 0 Å². The third-order valence-corrected chi connectivity index (χ3v) is 4.06. The molecule has 0 heterocycles. The topological polar surface area (TPSA) is 63.6 Å². The molecule has 1 N–H and O–H groups in total. The molecule has 0 aromatic carbocycles. The van der Waals surface area contributed by atoms with Gasteiger partial charge in [-0.15, -0.1) is 0 Å². The summed E-state index contributed by atoms with van der Waals surface area (Å²) in [6.45, 7) is 5.80. The highest BCUT2D eigenvalue weighted by Crippen LogP contribution is 2.35. The van der Waals surface area contributed by atoms with Gasteiger partial charge in [0.1, 0.15) is 6.10 Å². The van der Waals surface area contributed by atoms with Crippen molar-refractivity contribution in [3.05, 3.63) is 0 Å². The molecule has 0 aromatic heterocycles. The van der Waals surface area contributed by atoms with Crippen LogP contribution in [0.15, 0.2) is 0 Å². The van der Waals surface area contributed by atoms with Crippen molar-refractivity contribution in [2.24, 2.45) is 11.3 Å². The van der Waals surface area contributed by atoms with Gasteiger partial charge in [-0.05, 0) is 44.4 Å². The van der Waals surface area contributed by atoms with Gasteiger partial charge in [0.2, 0.25) is 0 Å². The summed E-state index contributed by atoms with van der Waals surface area (Å²) in [6, 6.07) is 0. The van der Waals surface area contributed by atoms with Crippen molar-refractivity contribution in [3.8, 4) is 0 Å². The molecule has 0 spiro atoms. The molecule has 4 heteroatoms. The Morgan fingerprint density at radius 3 is 2.30 bits per heavy atom. The molecule has 4 nitrogen and oxygen atoms in total. The van der Waals surface area contributed by atoms with E-state index in [9.17, 15) is 14.7 Å². The minimum Gasteiger partial charge on any atom is -0.480 e. The van der Waals surface area contributed by atoms with Gasteiger partial charge in [-0.2, -0.15) is 0 Å². The number of carbonyl (C=O) groups is 2. The fourth-order valence-electron chi connectivity index (χ4n) is 3.14. The normalized spacial score (nSPS) is 19.6. The third-order valence-electron chi connectivity index (χ3n) is 4.06. The van der Waals surface area contributed by atoms with Crippen LogP contribution in [0.4, 0.5) is 0 Å². The number of hydrogen-bond acceptors (Lipinski definition) is 3. The lowest BCUT2D eigenvalue weighted by Crippen LogP contribution is -2.43. The maximum Gasteiger partial charge on any atom is 0.323 e. The van der Waals surface area contributed by atoms with Crippen molar-refractivity contribution in [3.63, 3.8) is 0 Å². The predicted molar refractivity (Wildman–Crippen MR) is 77.4 cm³/mol. The molecule has 0 amide bonds. The molecule has 0 radical (unpaired) electrons. The fraction of sp³-hybridized carbons (Fsp3) is 0.875. The first-order chi connectivity index (χ1) is 9.42. The van der Waals surface area contributed by atoms with Crippen LogP contribution in [0.5, 0.6) is 0 Å². The summed E-state index contributed by atoms with van der Waals surface area (Å²) in [7, 11) is 0. The first-order valence-electron chi connectivity index (χ1n) is 7.87. The van der Waals surface area contributed by atoms with E-state index >= 15 is 0 Å². The molecule has 1 saturated carbocycles. The van der Waals surface area contributed by atoms with Crippen molar-refractivity contribution in [2.75, 3.05) is 0 Å². The molecule has 1 unspecified atom stereocenters. The number of aliphatic carboxylic acids is 1. The molecule has 1 rings (SSSR count). The molecule has 1 aliphatic rings. The van der Waals surface area contributed by atoms with Gasteiger partial charge in [0.05, 0.1) is 0 Å². The summed E-state index contributed by atoms with van der Waals surface area (Å²) in [5.74, 6) is -1.40. The molecular weight excluding hydrogens is 256 g/mol. The SMILES string of the molecule is CCCC(CC(C)C)(C(=O)O)C(=O)OC1CCCCC1. The first-order valence-corrected chi connectivity index (χ1v) is 7.87. The van der Waals surface area contributed by atoms with Crippen LogP contribution in [-0.4, -0.2) is 23.1 Å². The van der Waals surface area contributed by atoms with Gasteiger partial charge in [0.15, 0.2) is 5.41 Å². The molecule has 0 aromatic rings. The van der Waals surface area contributed by atoms with Crippen molar-refractivity contribution in [1.82, 2.24) is 0 Å². The second-order valence-corrected chi connectivity index (χ2v) is 6.40. The Morgan fingerprint density at radius 1 is 1.25 bits per heavy atom. The lowest BCUT2D eigenvalue weighted by molar-refractivity contribution is -0.175. The number of rotatable bonds is 7. The third kappa shape index (κ3) is 4.22. The summed E-state index contributed by atoms with van der Waals surface area (Å²) in [4.78, 5) is 24.2. The van der Waals surface area contributed by atoms with Crippen molar-refractivity contribution >= 4 is 11.9 Å².